The smallest absolute Gasteiger partial charge is 0.317 e. The summed E-state index contributed by atoms with van der Waals surface area (Å²) in [6.07, 6.45) is 1.32. The van der Waals surface area contributed by atoms with Crippen molar-refractivity contribution in [3.8, 4) is 0 Å². The number of thiophene rings is 1. The molecule has 5 nitrogen and oxygen atoms in total. The van der Waals surface area contributed by atoms with Gasteiger partial charge in [0.05, 0.1) is 11.5 Å². The highest BCUT2D eigenvalue weighted by Gasteiger charge is 2.42. The van der Waals surface area contributed by atoms with E-state index in [0.717, 1.165) is 11.3 Å². The van der Waals surface area contributed by atoms with Crippen molar-refractivity contribution in [1.29, 1.82) is 0 Å². The lowest BCUT2D eigenvalue weighted by Crippen LogP contribution is -2.42. The number of nitrogens with one attached hydrogen (secondary N) is 1. The minimum atomic E-state index is -0.835. The maximum absolute atomic E-state index is 12.2. The van der Waals surface area contributed by atoms with Crippen LogP contribution in [-0.2, 0) is 4.79 Å². The summed E-state index contributed by atoms with van der Waals surface area (Å²) in [7, 11) is 0. The van der Waals surface area contributed by atoms with Crippen LogP contribution in [0.3, 0.4) is 0 Å². The van der Waals surface area contributed by atoms with Crippen LogP contribution < -0.4 is 5.32 Å². The number of amides is 2. The van der Waals surface area contributed by atoms with Crippen LogP contribution >= 0.6 is 11.3 Å². The fourth-order valence-electron chi connectivity index (χ4n) is 2.41. The summed E-state index contributed by atoms with van der Waals surface area (Å²) in [5.74, 6) is -0.835. The normalized spacial score (nSPS) is 23.6. The summed E-state index contributed by atoms with van der Waals surface area (Å²) in [4.78, 5) is 26.2. The van der Waals surface area contributed by atoms with E-state index in [1.807, 2.05) is 24.4 Å². The molecule has 6 heteroatoms. The molecule has 0 aromatic carbocycles. The minimum Gasteiger partial charge on any atom is -0.481 e. The molecular formula is C14H20N2O3S. The number of nitrogens with zero attached hydrogens (tertiary/aromatic N) is 1. The third kappa shape index (κ3) is 2.95. The molecule has 0 bridgehead atoms. The van der Waals surface area contributed by atoms with Gasteiger partial charge in [0.2, 0.25) is 0 Å². The van der Waals surface area contributed by atoms with Crippen LogP contribution in [0.1, 0.15) is 37.6 Å². The number of hydrogen-bond donors (Lipinski definition) is 2. The molecule has 2 unspecified atom stereocenters. The van der Waals surface area contributed by atoms with Gasteiger partial charge >= 0.3 is 12.0 Å². The maximum Gasteiger partial charge on any atom is 0.317 e. The first-order valence-corrected chi connectivity index (χ1v) is 7.66. The maximum atomic E-state index is 12.2. The highest BCUT2D eigenvalue weighted by Crippen LogP contribution is 2.30. The van der Waals surface area contributed by atoms with E-state index < -0.39 is 11.4 Å². The first-order chi connectivity index (χ1) is 9.46. The Kier molecular flexibility index (Phi) is 4.32. The number of carbonyl (C=O) groups excluding carboxylic acids is 1. The minimum absolute atomic E-state index is 0.000755. The number of carboxylic acid groups (broad SMARTS) is 1. The molecule has 110 valence electrons. The van der Waals surface area contributed by atoms with Crippen LogP contribution in [0.15, 0.2) is 17.5 Å². The lowest BCUT2D eigenvalue weighted by molar-refractivity contribution is -0.146. The molecule has 2 amide bonds. The van der Waals surface area contributed by atoms with Crippen molar-refractivity contribution in [2.24, 2.45) is 5.41 Å². The van der Waals surface area contributed by atoms with Gasteiger partial charge in [-0.25, -0.2) is 4.79 Å². The van der Waals surface area contributed by atoms with E-state index >= 15 is 0 Å². The van der Waals surface area contributed by atoms with Crippen molar-refractivity contribution >= 4 is 23.3 Å². The molecule has 2 rings (SSSR count). The molecule has 1 saturated heterocycles. The predicted molar refractivity (Wildman–Crippen MR) is 77.8 cm³/mol. The Balaban J connectivity index is 1.97. The van der Waals surface area contributed by atoms with Crippen LogP contribution in [-0.4, -0.2) is 35.1 Å². The van der Waals surface area contributed by atoms with Gasteiger partial charge in [-0.15, -0.1) is 11.3 Å². The number of likely N-dealkylation sites (tertiary alicyclic amines) is 1. The van der Waals surface area contributed by atoms with Gasteiger partial charge in [-0.2, -0.15) is 0 Å². The number of hydrogen-bond acceptors (Lipinski definition) is 3. The molecule has 0 aliphatic carbocycles. The molecule has 2 atom stereocenters. The van der Waals surface area contributed by atoms with Gasteiger partial charge in [0.25, 0.3) is 0 Å². The van der Waals surface area contributed by atoms with Crippen LogP contribution in [0.2, 0.25) is 0 Å². The molecule has 1 aliphatic heterocycles. The predicted octanol–water partition coefficient (Wildman–Crippen LogP) is 2.71. The van der Waals surface area contributed by atoms with E-state index in [4.69, 9.17) is 0 Å². The molecule has 0 radical (unpaired) electrons. The molecule has 2 heterocycles. The van der Waals surface area contributed by atoms with Gasteiger partial charge < -0.3 is 15.3 Å². The topological polar surface area (TPSA) is 69.6 Å². The van der Waals surface area contributed by atoms with Crippen molar-refractivity contribution in [3.05, 3.63) is 22.4 Å². The van der Waals surface area contributed by atoms with Crippen molar-refractivity contribution < 1.29 is 14.7 Å². The quantitative estimate of drug-likeness (QED) is 0.897. The average molecular weight is 296 g/mol. The molecule has 1 fully saturated rings. The van der Waals surface area contributed by atoms with Gasteiger partial charge in [0.1, 0.15) is 0 Å². The van der Waals surface area contributed by atoms with E-state index in [-0.39, 0.29) is 18.6 Å². The highest BCUT2D eigenvalue weighted by atomic mass is 32.1. The second-order valence-electron chi connectivity index (χ2n) is 5.46. The molecule has 0 saturated carbocycles. The number of carboxylic acids is 1. The van der Waals surface area contributed by atoms with Crippen molar-refractivity contribution in [1.82, 2.24) is 10.2 Å². The van der Waals surface area contributed by atoms with E-state index in [0.29, 0.717) is 13.0 Å². The van der Waals surface area contributed by atoms with Crippen LogP contribution in [0.4, 0.5) is 4.79 Å². The Bertz CT molecular complexity index is 489. The number of rotatable bonds is 4. The number of carbonyl (C=O) groups is 2. The zero-order valence-corrected chi connectivity index (χ0v) is 12.6. The van der Waals surface area contributed by atoms with E-state index in [1.165, 1.54) is 0 Å². The summed E-state index contributed by atoms with van der Waals surface area (Å²) in [5.41, 5.74) is -0.817. The van der Waals surface area contributed by atoms with Gasteiger partial charge in [-0.1, -0.05) is 13.0 Å². The summed E-state index contributed by atoms with van der Waals surface area (Å²) in [6.45, 7) is 4.49. The fraction of sp³-hybridized carbons (Fsp3) is 0.571. The molecule has 1 aromatic heterocycles. The molecule has 0 spiro atoms. The Hall–Kier alpha value is -1.56. The lowest BCUT2D eigenvalue weighted by Gasteiger charge is -2.23. The van der Waals surface area contributed by atoms with Crippen molar-refractivity contribution in [3.63, 3.8) is 0 Å². The Labute approximate surface area is 122 Å². The molecular weight excluding hydrogens is 276 g/mol. The van der Waals surface area contributed by atoms with Crippen LogP contribution in [0.25, 0.3) is 0 Å². The van der Waals surface area contributed by atoms with E-state index in [9.17, 15) is 14.7 Å². The van der Waals surface area contributed by atoms with Crippen molar-refractivity contribution in [2.75, 3.05) is 13.1 Å². The summed E-state index contributed by atoms with van der Waals surface area (Å²) in [5, 5.41) is 14.2. The van der Waals surface area contributed by atoms with E-state index in [1.54, 1.807) is 23.2 Å². The SMILES string of the molecule is CCC(NC(=O)N1CCC(C)(C(=O)O)C1)c1cccs1. The molecule has 1 aliphatic rings. The van der Waals surface area contributed by atoms with Crippen LogP contribution in [0, 0.1) is 5.41 Å². The zero-order valence-electron chi connectivity index (χ0n) is 11.8. The molecule has 2 N–H and O–H groups in total. The van der Waals surface area contributed by atoms with Crippen molar-refractivity contribution in [2.45, 2.75) is 32.7 Å². The Morgan fingerprint density at radius 1 is 1.60 bits per heavy atom. The highest BCUT2D eigenvalue weighted by molar-refractivity contribution is 7.10. The first-order valence-electron chi connectivity index (χ1n) is 6.78. The summed E-state index contributed by atoms with van der Waals surface area (Å²) < 4.78 is 0. The average Bonchev–Trinajstić information content (AvgIpc) is 3.05. The Morgan fingerprint density at radius 2 is 2.35 bits per heavy atom. The summed E-state index contributed by atoms with van der Waals surface area (Å²) >= 11 is 1.62. The fourth-order valence-corrected chi connectivity index (χ4v) is 3.27. The lowest BCUT2D eigenvalue weighted by atomic mass is 9.90. The zero-order chi connectivity index (χ0) is 14.8. The number of aliphatic carboxylic acids is 1. The molecule has 20 heavy (non-hydrogen) atoms. The first kappa shape index (κ1) is 14.8. The standard InChI is InChI=1S/C14H20N2O3S/c1-3-10(11-5-4-8-20-11)15-13(19)16-7-6-14(2,9-16)12(17)18/h4-5,8,10H,3,6-7,9H2,1-2H3,(H,15,19)(H,17,18). The Morgan fingerprint density at radius 3 is 2.85 bits per heavy atom. The van der Waals surface area contributed by atoms with Gasteiger partial charge in [-0.05, 0) is 31.2 Å². The largest absolute Gasteiger partial charge is 0.481 e. The van der Waals surface area contributed by atoms with E-state index in [2.05, 4.69) is 5.32 Å². The third-order valence-electron chi connectivity index (χ3n) is 3.87. The number of urea groups is 1. The second kappa shape index (κ2) is 5.83. The second-order valence-corrected chi connectivity index (χ2v) is 6.44. The summed E-state index contributed by atoms with van der Waals surface area (Å²) in [6, 6.07) is 3.80. The van der Waals surface area contributed by atoms with Gasteiger partial charge in [-0.3, -0.25) is 4.79 Å². The van der Waals surface area contributed by atoms with Gasteiger partial charge in [0, 0.05) is 18.0 Å². The molecule has 1 aromatic rings. The third-order valence-corrected chi connectivity index (χ3v) is 4.86. The van der Waals surface area contributed by atoms with Gasteiger partial charge in [0.15, 0.2) is 0 Å². The monoisotopic (exact) mass is 296 g/mol. The van der Waals surface area contributed by atoms with Crippen LogP contribution in [0.5, 0.6) is 0 Å².